The molecule has 0 saturated heterocycles. The van der Waals surface area contributed by atoms with Crippen LogP contribution in [-0.4, -0.2) is 26.4 Å². The summed E-state index contributed by atoms with van der Waals surface area (Å²) in [5.41, 5.74) is 0.727. The maximum absolute atomic E-state index is 12.1. The minimum absolute atomic E-state index is 0.112. The third-order valence-corrected chi connectivity index (χ3v) is 5.40. The van der Waals surface area contributed by atoms with Crippen LogP contribution in [0.5, 0.6) is 0 Å². The minimum Gasteiger partial charge on any atom is -0.359 e. The molecule has 2 aromatic heterocycles. The number of nitrogens with one attached hydrogen (secondary N) is 1. The third kappa shape index (κ3) is 4.15. The lowest BCUT2D eigenvalue weighted by atomic mass is 10.2. The summed E-state index contributed by atoms with van der Waals surface area (Å²) in [7, 11) is 0. The van der Waals surface area contributed by atoms with Gasteiger partial charge in [-0.3, -0.25) is 4.79 Å². The van der Waals surface area contributed by atoms with Gasteiger partial charge in [0.1, 0.15) is 0 Å². The van der Waals surface area contributed by atoms with E-state index in [1.54, 1.807) is 6.07 Å². The Balaban J connectivity index is 1.67. The number of rotatable bonds is 7. The molecule has 0 saturated carbocycles. The Morgan fingerprint density at radius 1 is 1.33 bits per heavy atom. The van der Waals surface area contributed by atoms with Gasteiger partial charge < -0.3 is 5.32 Å². The lowest BCUT2D eigenvalue weighted by molar-refractivity contribution is 0.839. The molecule has 2 heterocycles. The quantitative estimate of drug-likeness (QED) is 0.651. The van der Waals surface area contributed by atoms with Crippen molar-refractivity contribution in [3.8, 4) is 0 Å². The number of hydrogen-bond donors (Lipinski definition) is 1. The van der Waals surface area contributed by atoms with Crippen molar-refractivity contribution in [1.82, 2.24) is 14.6 Å². The van der Waals surface area contributed by atoms with Crippen molar-refractivity contribution in [3.63, 3.8) is 0 Å². The van der Waals surface area contributed by atoms with Crippen molar-refractivity contribution in [3.05, 3.63) is 52.4 Å². The van der Waals surface area contributed by atoms with Gasteiger partial charge >= 0.3 is 0 Å². The van der Waals surface area contributed by atoms with E-state index in [4.69, 9.17) is 0 Å². The van der Waals surface area contributed by atoms with Crippen LogP contribution in [0.15, 0.2) is 46.1 Å². The molecule has 3 rings (SSSR count). The molecule has 7 heteroatoms. The second-order valence-corrected chi connectivity index (χ2v) is 8.03. The fraction of sp³-hybridized carbons (Fsp3) is 0.353. The van der Waals surface area contributed by atoms with Gasteiger partial charge in [-0.05, 0) is 18.6 Å². The molecule has 0 spiro atoms. The van der Waals surface area contributed by atoms with E-state index in [9.17, 15) is 4.79 Å². The number of anilines is 1. The summed E-state index contributed by atoms with van der Waals surface area (Å²) in [6.07, 6.45) is 1.79. The first-order valence-electron chi connectivity index (χ1n) is 8.01. The number of hydrogen-bond acceptors (Lipinski definition) is 6. The molecule has 0 aliphatic heterocycles. The second kappa shape index (κ2) is 7.81. The predicted octanol–water partition coefficient (Wildman–Crippen LogP) is 3.70. The summed E-state index contributed by atoms with van der Waals surface area (Å²) in [5, 5.41) is 8.77. The van der Waals surface area contributed by atoms with E-state index < -0.39 is 0 Å². The summed E-state index contributed by atoms with van der Waals surface area (Å²) in [4.78, 5) is 18.5. The van der Waals surface area contributed by atoms with E-state index in [-0.39, 0.29) is 5.56 Å². The molecule has 3 aromatic rings. The van der Waals surface area contributed by atoms with Crippen LogP contribution in [0.1, 0.15) is 26.0 Å². The van der Waals surface area contributed by atoms with E-state index >= 15 is 0 Å². The summed E-state index contributed by atoms with van der Waals surface area (Å²) in [5.74, 6) is 0. The molecule has 5 nitrogen and oxygen atoms in total. The highest BCUT2D eigenvalue weighted by atomic mass is 32.2. The van der Waals surface area contributed by atoms with E-state index in [0.717, 1.165) is 30.2 Å². The van der Waals surface area contributed by atoms with Gasteiger partial charge in [-0.2, -0.15) is 4.52 Å². The molecule has 0 bridgehead atoms. The first kappa shape index (κ1) is 17.0. The van der Waals surface area contributed by atoms with Crippen LogP contribution in [0.25, 0.3) is 4.96 Å². The van der Waals surface area contributed by atoms with Crippen molar-refractivity contribution in [1.29, 1.82) is 0 Å². The van der Waals surface area contributed by atoms with E-state index in [1.807, 2.05) is 30.0 Å². The first-order chi connectivity index (χ1) is 11.7. The van der Waals surface area contributed by atoms with Crippen LogP contribution in [0.3, 0.4) is 0 Å². The Morgan fingerprint density at radius 2 is 2.12 bits per heavy atom. The van der Waals surface area contributed by atoms with Gasteiger partial charge in [0, 0.05) is 28.5 Å². The van der Waals surface area contributed by atoms with Crippen LogP contribution in [-0.2, 0) is 6.42 Å². The maximum Gasteiger partial charge on any atom is 0.275 e. The van der Waals surface area contributed by atoms with Gasteiger partial charge in [-0.1, -0.05) is 49.8 Å². The molecule has 0 fully saturated rings. The largest absolute Gasteiger partial charge is 0.359 e. The SMILES string of the molecule is CCCc1cc(=O)n2nc(NCC(C)Sc3ccccc3)sc2n1. The van der Waals surface area contributed by atoms with Gasteiger partial charge in [-0.25, -0.2) is 4.98 Å². The molecule has 24 heavy (non-hydrogen) atoms. The monoisotopic (exact) mass is 360 g/mol. The van der Waals surface area contributed by atoms with Gasteiger partial charge in [0.05, 0.1) is 0 Å². The van der Waals surface area contributed by atoms with Crippen LogP contribution in [0.2, 0.25) is 0 Å². The number of aryl methyl sites for hydroxylation is 1. The lowest BCUT2D eigenvalue weighted by Crippen LogP contribution is -2.16. The Bertz CT molecular complexity index is 860. The maximum atomic E-state index is 12.1. The molecule has 1 N–H and O–H groups in total. The zero-order chi connectivity index (χ0) is 16.9. The molecular formula is C17H20N4OS2. The van der Waals surface area contributed by atoms with Crippen LogP contribution in [0, 0.1) is 0 Å². The minimum atomic E-state index is -0.112. The van der Waals surface area contributed by atoms with Crippen molar-refractivity contribution in [2.24, 2.45) is 0 Å². The van der Waals surface area contributed by atoms with Crippen LogP contribution < -0.4 is 10.9 Å². The Kier molecular flexibility index (Phi) is 5.52. The Hall–Kier alpha value is -1.86. The van der Waals surface area contributed by atoms with E-state index in [2.05, 4.69) is 41.4 Å². The first-order valence-corrected chi connectivity index (χ1v) is 9.70. The Labute approximate surface area is 149 Å². The highest BCUT2D eigenvalue weighted by molar-refractivity contribution is 8.00. The topological polar surface area (TPSA) is 59.3 Å². The lowest BCUT2D eigenvalue weighted by Gasteiger charge is -2.11. The van der Waals surface area contributed by atoms with Gasteiger partial charge in [0.25, 0.3) is 5.56 Å². The van der Waals surface area contributed by atoms with Crippen LogP contribution >= 0.6 is 23.1 Å². The van der Waals surface area contributed by atoms with E-state index in [0.29, 0.717) is 10.2 Å². The molecular weight excluding hydrogens is 340 g/mol. The van der Waals surface area contributed by atoms with E-state index in [1.165, 1.54) is 20.7 Å². The molecule has 0 aliphatic rings. The molecule has 0 radical (unpaired) electrons. The normalized spacial score (nSPS) is 12.4. The average Bonchev–Trinajstić information content (AvgIpc) is 2.98. The van der Waals surface area contributed by atoms with Gasteiger partial charge in [0.15, 0.2) is 0 Å². The number of aromatic nitrogens is 3. The van der Waals surface area contributed by atoms with Crippen molar-refractivity contribution in [2.45, 2.75) is 36.8 Å². The second-order valence-electron chi connectivity index (χ2n) is 5.56. The summed E-state index contributed by atoms with van der Waals surface area (Å²) < 4.78 is 1.38. The average molecular weight is 361 g/mol. The standard InChI is InChI=1S/C17H20N4OS2/c1-3-7-13-10-15(22)21-17(19-13)24-16(20-21)18-11-12(2)23-14-8-5-4-6-9-14/h4-6,8-10,12H,3,7,11H2,1-2H3,(H,18,20). The molecule has 126 valence electrons. The third-order valence-electron chi connectivity index (χ3n) is 3.43. The molecule has 1 atom stereocenters. The summed E-state index contributed by atoms with van der Waals surface area (Å²) >= 11 is 3.23. The highest BCUT2D eigenvalue weighted by Crippen LogP contribution is 2.24. The van der Waals surface area contributed by atoms with Crippen LogP contribution in [0.4, 0.5) is 5.13 Å². The fourth-order valence-electron chi connectivity index (χ4n) is 2.32. The van der Waals surface area contributed by atoms with Crippen molar-refractivity contribution >= 4 is 33.2 Å². The molecule has 1 aromatic carbocycles. The fourth-order valence-corrected chi connectivity index (χ4v) is 4.09. The number of nitrogens with zero attached hydrogens (tertiary/aromatic N) is 3. The molecule has 1 unspecified atom stereocenters. The zero-order valence-corrected chi connectivity index (χ0v) is 15.4. The summed E-state index contributed by atoms with van der Waals surface area (Å²) in [6.45, 7) is 5.02. The highest BCUT2D eigenvalue weighted by Gasteiger charge is 2.10. The number of thioether (sulfide) groups is 1. The molecule has 0 amide bonds. The van der Waals surface area contributed by atoms with Gasteiger partial charge in [0.2, 0.25) is 10.1 Å². The Morgan fingerprint density at radius 3 is 2.88 bits per heavy atom. The van der Waals surface area contributed by atoms with Crippen molar-refractivity contribution in [2.75, 3.05) is 11.9 Å². The number of benzene rings is 1. The molecule has 0 aliphatic carbocycles. The van der Waals surface area contributed by atoms with Crippen molar-refractivity contribution < 1.29 is 0 Å². The predicted molar refractivity (Wildman–Crippen MR) is 101 cm³/mol. The van der Waals surface area contributed by atoms with Gasteiger partial charge in [-0.15, -0.1) is 16.9 Å². The number of fused-ring (bicyclic) bond motifs is 1. The summed E-state index contributed by atoms with van der Waals surface area (Å²) in [6, 6.07) is 11.9. The smallest absolute Gasteiger partial charge is 0.275 e. The zero-order valence-electron chi connectivity index (χ0n) is 13.7.